The van der Waals surface area contributed by atoms with Gasteiger partial charge in [0.25, 0.3) is 0 Å². The zero-order chi connectivity index (χ0) is 15.4. The maximum Gasteiger partial charge on any atom is 0.308 e. The second-order valence-corrected chi connectivity index (χ2v) is 4.26. The molecule has 0 radical (unpaired) electrons. The molecule has 0 spiro atoms. The Morgan fingerprint density at radius 2 is 1.25 bits per heavy atom. The normalized spacial score (nSPS) is 9.85. The molecule has 0 N–H and O–H groups in total. The number of carbonyl (C=O) groups is 3. The number of ether oxygens (including phenoxy) is 3. The van der Waals surface area contributed by atoms with Crippen molar-refractivity contribution in [3.05, 3.63) is 17.2 Å². The average molecular weight is 280 g/mol. The molecule has 0 aromatic heterocycles. The number of benzene rings is 1. The molecule has 0 aliphatic rings. The molecular weight excluding hydrogens is 264 g/mol. The Balaban J connectivity index is 3.43. The van der Waals surface area contributed by atoms with Gasteiger partial charge in [0.1, 0.15) is 5.75 Å². The fourth-order valence-electron chi connectivity index (χ4n) is 1.63. The lowest BCUT2D eigenvalue weighted by atomic mass is 10.1. The van der Waals surface area contributed by atoms with Gasteiger partial charge < -0.3 is 14.2 Å². The van der Waals surface area contributed by atoms with E-state index in [2.05, 4.69) is 0 Å². The molecule has 1 rings (SSSR count). The first kappa shape index (κ1) is 15.7. The van der Waals surface area contributed by atoms with Crippen LogP contribution in [0.2, 0.25) is 0 Å². The fraction of sp³-hybridized carbons (Fsp3) is 0.357. The SMILES string of the molecule is CC(=O)Oc1cc(C)c(OC(C)=O)c(OC(C)=O)c1C. The summed E-state index contributed by atoms with van der Waals surface area (Å²) in [5.41, 5.74) is 0.913. The van der Waals surface area contributed by atoms with Crippen molar-refractivity contribution in [1.82, 2.24) is 0 Å². The van der Waals surface area contributed by atoms with Gasteiger partial charge in [0.05, 0.1) is 0 Å². The molecule has 0 aliphatic heterocycles. The van der Waals surface area contributed by atoms with E-state index in [0.29, 0.717) is 11.1 Å². The van der Waals surface area contributed by atoms with Crippen LogP contribution in [0.25, 0.3) is 0 Å². The van der Waals surface area contributed by atoms with Gasteiger partial charge in [0.15, 0.2) is 11.5 Å². The maximum atomic E-state index is 11.2. The van der Waals surface area contributed by atoms with E-state index in [0.717, 1.165) is 0 Å². The van der Waals surface area contributed by atoms with E-state index in [9.17, 15) is 14.4 Å². The lowest BCUT2D eigenvalue weighted by Crippen LogP contribution is -2.11. The monoisotopic (exact) mass is 280 g/mol. The van der Waals surface area contributed by atoms with Crippen LogP contribution in [-0.2, 0) is 14.4 Å². The van der Waals surface area contributed by atoms with Crippen LogP contribution in [0.4, 0.5) is 0 Å². The first-order valence-corrected chi connectivity index (χ1v) is 5.91. The molecule has 6 heteroatoms. The molecule has 0 fully saturated rings. The van der Waals surface area contributed by atoms with E-state index in [-0.39, 0.29) is 17.2 Å². The van der Waals surface area contributed by atoms with Crippen molar-refractivity contribution in [2.75, 3.05) is 0 Å². The minimum Gasteiger partial charge on any atom is -0.426 e. The number of rotatable bonds is 3. The lowest BCUT2D eigenvalue weighted by Gasteiger charge is -2.16. The van der Waals surface area contributed by atoms with Gasteiger partial charge in [-0.1, -0.05) is 0 Å². The predicted molar refractivity (Wildman–Crippen MR) is 69.8 cm³/mol. The average Bonchev–Trinajstić information content (AvgIpc) is 2.28. The van der Waals surface area contributed by atoms with E-state index in [1.54, 1.807) is 19.9 Å². The first-order valence-electron chi connectivity index (χ1n) is 5.91. The lowest BCUT2D eigenvalue weighted by molar-refractivity contribution is -0.134. The molecule has 0 unspecified atom stereocenters. The summed E-state index contributed by atoms with van der Waals surface area (Å²) >= 11 is 0. The van der Waals surface area contributed by atoms with Crippen molar-refractivity contribution >= 4 is 17.9 Å². The van der Waals surface area contributed by atoms with Gasteiger partial charge in [0, 0.05) is 26.3 Å². The van der Waals surface area contributed by atoms with Crippen LogP contribution in [0.1, 0.15) is 31.9 Å². The third kappa shape index (κ3) is 3.81. The summed E-state index contributed by atoms with van der Waals surface area (Å²) in [7, 11) is 0. The van der Waals surface area contributed by atoms with E-state index >= 15 is 0 Å². The van der Waals surface area contributed by atoms with Gasteiger partial charge in [-0.3, -0.25) is 14.4 Å². The molecule has 108 valence electrons. The van der Waals surface area contributed by atoms with Gasteiger partial charge in [-0.25, -0.2) is 0 Å². The summed E-state index contributed by atoms with van der Waals surface area (Å²) in [4.78, 5) is 33.4. The van der Waals surface area contributed by atoms with Gasteiger partial charge in [-0.2, -0.15) is 0 Å². The minimum absolute atomic E-state index is 0.0731. The van der Waals surface area contributed by atoms with Crippen LogP contribution in [-0.4, -0.2) is 17.9 Å². The fourth-order valence-corrected chi connectivity index (χ4v) is 1.63. The Morgan fingerprint density at radius 1 is 0.800 bits per heavy atom. The van der Waals surface area contributed by atoms with Crippen molar-refractivity contribution < 1.29 is 28.6 Å². The number of carbonyl (C=O) groups excluding carboxylic acids is 3. The molecule has 0 heterocycles. The highest BCUT2D eigenvalue weighted by Crippen LogP contribution is 2.40. The Morgan fingerprint density at radius 3 is 1.70 bits per heavy atom. The number of hydrogen-bond donors (Lipinski definition) is 0. The predicted octanol–water partition coefficient (Wildman–Crippen LogP) is 2.08. The van der Waals surface area contributed by atoms with Crippen LogP contribution in [0.3, 0.4) is 0 Å². The highest BCUT2D eigenvalue weighted by molar-refractivity contribution is 5.77. The summed E-state index contributed by atoms with van der Waals surface area (Å²) in [6, 6.07) is 1.54. The molecule has 0 saturated heterocycles. The zero-order valence-corrected chi connectivity index (χ0v) is 12.0. The highest BCUT2D eigenvalue weighted by Gasteiger charge is 2.20. The van der Waals surface area contributed by atoms with Crippen LogP contribution in [0.15, 0.2) is 6.07 Å². The molecule has 0 amide bonds. The Labute approximate surface area is 116 Å². The quantitative estimate of drug-likeness (QED) is 0.623. The smallest absolute Gasteiger partial charge is 0.308 e. The number of aryl methyl sites for hydroxylation is 1. The molecule has 6 nitrogen and oxygen atoms in total. The van der Waals surface area contributed by atoms with Gasteiger partial charge in [0.2, 0.25) is 0 Å². The van der Waals surface area contributed by atoms with Gasteiger partial charge in [-0.15, -0.1) is 0 Å². The molecule has 0 saturated carbocycles. The summed E-state index contributed by atoms with van der Waals surface area (Å²) in [5, 5.41) is 0. The standard InChI is InChI=1S/C14H16O6/c1-7-6-12(18-9(3)15)8(2)14(20-11(5)17)13(7)19-10(4)16/h6H,1-5H3. The third-order valence-electron chi connectivity index (χ3n) is 2.37. The molecular formula is C14H16O6. The summed E-state index contributed by atoms with van der Waals surface area (Å²) < 4.78 is 15.2. The van der Waals surface area contributed by atoms with Crippen molar-refractivity contribution in [2.24, 2.45) is 0 Å². The highest BCUT2D eigenvalue weighted by atomic mass is 16.6. The van der Waals surface area contributed by atoms with Crippen LogP contribution in [0.5, 0.6) is 17.2 Å². The maximum absolute atomic E-state index is 11.2. The van der Waals surface area contributed by atoms with E-state index in [1.807, 2.05) is 0 Å². The van der Waals surface area contributed by atoms with Crippen LogP contribution < -0.4 is 14.2 Å². The summed E-state index contributed by atoms with van der Waals surface area (Å²) in [5.74, 6) is -1.14. The first-order chi connectivity index (χ1) is 9.22. The topological polar surface area (TPSA) is 78.9 Å². The Bertz CT molecular complexity index is 574. The molecule has 0 aliphatic carbocycles. The van der Waals surface area contributed by atoms with Gasteiger partial charge in [-0.05, 0) is 25.5 Å². The van der Waals surface area contributed by atoms with Crippen molar-refractivity contribution in [3.8, 4) is 17.2 Å². The Kier molecular flexibility index (Phi) is 4.85. The van der Waals surface area contributed by atoms with Crippen molar-refractivity contribution in [2.45, 2.75) is 34.6 Å². The molecule has 1 aromatic carbocycles. The van der Waals surface area contributed by atoms with Gasteiger partial charge >= 0.3 is 17.9 Å². The van der Waals surface area contributed by atoms with Crippen molar-refractivity contribution in [1.29, 1.82) is 0 Å². The van der Waals surface area contributed by atoms with E-state index in [4.69, 9.17) is 14.2 Å². The second kappa shape index (κ2) is 6.18. The summed E-state index contributed by atoms with van der Waals surface area (Å²) in [6.07, 6.45) is 0. The number of hydrogen-bond acceptors (Lipinski definition) is 6. The Hall–Kier alpha value is -2.37. The second-order valence-electron chi connectivity index (χ2n) is 4.26. The molecule has 1 aromatic rings. The van der Waals surface area contributed by atoms with Crippen LogP contribution >= 0.6 is 0 Å². The largest absolute Gasteiger partial charge is 0.426 e. The summed E-state index contributed by atoms with van der Waals surface area (Å²) in [6.45, 7) is 6.98. The van der Waals surface area contributed by atoms with Crippen LogP contribution in [0, 0.1) is 13.8 Å². The van der Waals surface area contributed by atoms with Crippen molar-refractivity contribution in [3.63, 3.8) is 0 Å². The zero-order valence-electron chi connectivity index (χ0n) is 12.0. The molecule has 20 heavy (non-hydrogen) atoms. The number of esters is 3. The van der Waals surface area contributed by atoms with E-state index < -0.39 is 17.9 Å². The minimum atomic E-state index is -0.569. The third-order valence-corrected chi connectivity index (χ3v) is 2.37. The van der Waals surface area contributed by atoms with E-state index in [1.165, 1.54) is 20.8 Å². The molecule has 0 bridgehead atoms. The molecule has 0 atom stereocenters.